The maximum atomic E-state index is 12.7. The average molecular weight is 380 g/mol. The Hall–Kier alpha value is -1.69. The summed E-state index contributed by atoms with van der Waals surface area (Å²) >= 11 is 9.23. The second-order valence-electron chi connectivity index (χ2n) is 4.92. The minimum absolute atomic E-state index is 0.227. The van der Waals surface area contributed by atoms with Gasteiger partial charge < -0.3 is 5.11 Å². The number of halogens is 2. The molecule has 0 bridgehead atoms. The van der Waals surface area contributed by atoms with Gasteiger partial charge in [-0.25, -0.2) is 0 Å². The highest BCUT2D eigenvalue weighted by atomic mass is 79.9. The van der Waals surface area contributed by atoms with E-state index in [-0.39, 0.29) is 12.3 Å². The minimum Gasteiger partial charge on any atom is -0.365 e. The van der Waals surface area contributed by atoms with Crippen molar-refractivity contribution in [2.75, 3.05) is 0 Å². The van der Waals surface area contributed by atoms with Crippen LogP contribution >= 0.6 is 27.5 Å². The number of carbonyl (C=O) groups is 1. The molecule has 22 heavy (non-hydrogen) atoms. The molecule has 0 aliphatic carbocycles. The van der Waals surface area contributed by atoms with Crippen molar-refractivity contribution in [3.8, 4) is 0 Å². The Balaban J connectivity index is 1.99. The summed E-state index contributed by atoms with van der Waals surface area (Å²) in [5.41, 5.74) is -0.500. The van der Waals surface area contributed by atoms with Gasteiger partial charge in [-0.15, -0.1) is 0 Å². The van der Waals surface area contributed by atoms with Gasteiger partial charge in [0.25, 0.3) is 5.91 Å². The van der Waals surface area contributed by atoms with E-state index < -0.39 is 5.72 Å². The van der Waals surface area contributed by atoms with Crippen molar-refractivity contribution in [1.82, 2.24) is 5.01 Å². The Morgan fingerprint density at radius 2 is 1.91 bits per heavy atom. The van der Waals surface area contributed by atoms with Crippen LogP contribution in [0.25, 0.3) is 0 Å². The summed E-state index contributed by atoms with van der Waals surface area (Å²) in [7, 11) is 0. The summed E-state index contributed by atoms with van der Waals surface area (Å²) in [5, 5.41) is 16.7. The topological polar surface area (TPSA) is 52.9 Å². The first-order valence-corrected chi connectivity index (χ1v) is 7.79. The van der Waals surface area contributed by atoms with E-state index in [4.69, 9.17) is 11.6 Å². The fraction of sp³-hybridized carbons (Fsp3) is 0.125. The van der Waals surface area contributed by atoms with E-state index in [0.29, 0.717) is 20.6 Å². The molecule has 0 spiro atoms. The Morgan fingerprint density at radius 1 is 1.23 bits per heavy atom. The summed E-state index contributed by atoms with van der Waals surface area (Å²) in [5.74, 6) is -0.376. The van der Waals surface area contributed by atoms with Gasteiger partial charge in [0.15, 0.2) is 5.72 Å². The Labute approximate surface area is 141 Å². The molecule has 1 aliphatic heterocycles. The van der Waals surface area contributed by atoms with Gasteiger partial charge >= 0.3 is 0 Å². The van der Waals surface area contributed by atoms with Gasteiger partial charge in [0.1, 0.15) is 0 Å². The van der Waals surface area contributed by atoms with E-state index in [1.807, 2.05) is 6.07 Å². The molecule has 3 rings (SSSR count). The highest BCUT2D eigenvalue weighted by Gasteiger charge is 2.43. The van der Waals surface area contributed by atoms with Crippen LogP contribution in [0.4, 0.5) is 0 Å². The van der Waals surface area contributed by atoms with Crippen LogP contribution in [0, 0.1) is 0 Å². The lowest BCUT2D eigenvalue weighted by atomic mass is 9.99. The van der Waals surface area contributed by atoms with Crippen molar-refractivity contribution in [3.05, 3.63) is 69.2 Å². The molecular weight excluding hydrogens is 368 g/mol. The van der Waals surface area contributed by atoms with E-state index in [1.54, 1.807) is 42.5 Å². The summed E-state index contributed by atoms with van der Waals surface area (Å²) in [6.45, 7) is 0. The summed E-state index contributed by atoms with van der Waals surface area (Å²) in [4.78, 5) is 12.7. The Bertz CT molecular complexity index is 748. The van der Waals surface area contributed by atoms with E-state index >= 15 is 0 Å². The quantitative estimate of drug-likeness (QED) is 0.863. The first-order valence-electron chi connectivity index (χ1n) is 6.62. The third kappa shape index (κ3) is 2.56. The lowest BCUT2D eigenvalue weighted by Gasteiger charge is -2.31. The van der Waals surface area contributed by atoms with Gasteiger partial charge in [0.2, 0.25) is 0 Å². The lowest BCUT2D eigenvalue weighted by molar-refractivity contribution is -0.0764. The van der Waals surface area contributed by atoms with Crippen LogP contribution in [-0.2, 0) is 5.72 Å². The van der Waals surface area contributed by atoms with Gasteiger partial charge in [0.05, 0.1) is 5.56 Å². The van der Waals surface area contributed by atoms with Gasteiger partial charge in [-0.2, -0.15) is 10.1 Å². The van der Waals surface area contributed by atoms with Crippen LogP contribution < -0.4 is 0 Å². The summed E-state index contributed by atoms with van der Waals surface area (Å²) in [6, 6.07) is 13.8. The molecule has 2 aromatic rings. The third-order valence-corrected chi connectivity index (χ3v) is 4.47. The van der Waals surface area contributed by atoms with Crippen LogP contribution in [0.2, 0.25) is 5.02 Å². The molecule has 0 aromatic heterocycles. The van der Waals surface area contributed by atoms with Crippen molar-refractivity contribution in [2.45, 2.75) is 12.1 Å². The number of nitrogens with zero attached hydrogens (tertiary/aromatic N) is 2. The Morgan fingerprint density at radius 3 is 2.59 bits per heavy atom. The fourth-order valence-electron chi connectivity index (χ4n) is 2.36. The van der Waals surface area contributed by atoms with Crippen molar-refractivity contribution in [1.29, 1.82) is 0 Å². The third-order valence-electron chi connectivity index (χ3n) is 3.53. The van der Waals surface area contributed by atoms with Crippen LogP contribution in [0.15, 0.2) is 58.1 Å². The highest BCUT2D eigenvalue weighted by molar-refractivity contribution is 9.10. The van der Waals surface area contributed by atoms with E-state index in [0.717, 1.165) is 5.01 Å². The molecule has 0 saturated carbocycles. The number of hydrogen-bond acceptors (Lipinski definition) is 3. The van der Waals surface area contributed by atoms with Crippen molar-refractivity contribution < 1.29 is 9.90 Å². The molecule has 0 unspecified atom stereocenters. The zero-order chi connectivity index (χ0) is 15.7. The number of aliphatic hydroxyl groups is 1. The number of amides is 1. The average Bonchev–Trinajstić information content (AvgIpc) is 2.91. The maximum Gasteiger partial charge on any atom is 0.278 e. The number of benzene rings is 2. The zero-order valence-corrected chi connectivity index (χ0v) is 13.8. The van der Waals surface area contributed by atoms with E-state index in [2.05, 4.69) is 21.0 Å². The van der Waals surface area contributed by atoms with Crippen LogP contribution in [0.1, 0.15) is 22.3 Å². The number of hydrazone groups is 1. The second-order valence-corrected chi connectivity index (χ2v) is 6.21. The molecule has 1 N–H and O–H groups in total. The smallest absolute Gasteiger partial charge is 0.278 e. The predicted molar refractivity (Wildman–Crippen MR) is 88.8 cm³/mol. The molecule has 0 fully saturated rings. The molecule has 4 nitrogen and oxygen atoms in total. The monoisotopic (exact) mass is 378 g/mol. The molecule has 112 valence electrons. The fourth-order valence-corrected chi connectivity index (χ4v) is 2.94. The van der Waals surface area contributed by atoms with Crippen molar-refractivity contribution in [3.63, 3.8) is 0 Å². The second kappa shape index (κ2) is 5.83. The molecule has 1 aliphatic rings. The van der Waals surface area contributed by atoms with Gasteiger partial charge in [-0.3, -0.25) is 4.79 Å². The molecular formula is C16H12BrClN2O2. The number of carbonyl (C=O) groups excluding carboxylic acids is 1. The van der Waals surface area contributed by atoms with Crippen molar-refractivity contribution in [2.24, 2.45) is 5.10 Å². The Kier molecular flexibility index (Phi) is 4.04. The largest absolute Gasteiger partial charge is 0.365 e. The summed E-state index contributed by atoms with van der Waals surface area (Å²) < 4.78 is 0.653. The maximum absolute atomic E-state index is 12.7. The van der Waals surface area contributed by atoms with Gasteiger partial charge in [0, 0.05) is 27.7 Å². The first kappa shape index (κ1) is 15.2. The molecule has 0 saturated heterocycles. The van der Waals surface area contributed by atoms with Crippen LogP contribution in [0.5, 0.6) is 0 Å². The predicted octanol–water partition coefficient (Wildman–Crippen LogP) is 3.78. The van der Waals surface area contributed by atoms with Crippen molar-refractivity contribution >= 4 is 39.7 Å². The van der Waals surface area contributed by atoms with Gasteiger partial charge in [-0.05, 0) is 40.2 Å². The molecule has 1 atom stereocenters. The molecule has 1 heterocycles. The number of rotatable bonds is 2. The standard InChI is InChI=1S/C16H12BrClN2O2/c17-14-4-2-1-3-13(14)15(21)20-16(22,9-10-19-20)11-5-7-12(18)8-6-11/h1-8,10,22H,9H2/t16-/m0/s1. The van der Waals surface area contributed by atoms with Crippen LogP contribution in [-0.4, -0.2) is 22.2 Å². The SMILES string of the molecule is O=C(c1ccccc1Br)N1N=CC[C@]1(O)c1ccc(Cl)cc1. The van der Waals surface area contributed by atoms with E-state index in [9.17, 15) is 9.90 Å². The normalized spacial score (nSPS) is 20.4. The lowest BCUT2D eigenvalue weighted by Crippen LogP contribution is -2.43. The summed E-state index contributed by atoms with van der Waals surface area (Å²) in [6.07, 6.45) is 1.76. The first-order chi connectivity index (χ1) is 10.5. The van der Waals surface area contributed by atoms with Crippen LogP contribution in [0.3, 0.4) is 0 Å². The zero-order valence-electron chi connectivity index (χ0n) is 11.4. The molecule has 1 amide bonds. The highest BCUT2D eigenvalue weighted by Crippen LogP contribution is 2.35. The minimum atomic E-state index is -1.50. The molecule has 0 radical (unpaired) electrons. The molecule has 2 aromatic carbocycles. The molecule has 6 heteroatoms. The van der Waals surface area contributed by atoms with E-state index in [1.165, 1.54) is 6.21 Å². The number of hydrogen-bond donors (Lipinski definition) is 1. The van der Waals surface area contributed by atoms with Gasteiger partial charge in [-0.1, -0.05) is 35.9 Å².